The molecule has 180 valence electrons. The van der Waals surface area contributed by atoms with Crippen LogP contribution in [0.25, 0.3) is 0 Å². The van der Waals surface area contributed by atoms with Gasteiger partial charge in [0.05, 0.1) is 19.6 Å². The van der Waals surface area contributed by atoms with E-state index in [-0.39, 0.29) is 24.5 Å². The summed E-state index contributed by atoms with van der Waals surface area (Å²) in [6.07, 6.45) is 3.17. The highest BCUT2D eigenvalue weighted by Gasteiger charge is 2.24. The molecule has 0 heterocycles. The lowest BCUT2D eigenvalue weighted by atomic mass is 9.90. The van der Waals surface area contributed by atoms with Crippen LogP contribution in [0.4, 0.5) is 0 Å². The number of halogens is 1. The number of ether oxygens (including phenoxy) is 2. The van der Waals surface area contributed by atoms with Gasteiger partial charge in [-0.05, 0) is 87.5 Å². The summed E-state index contributed by atoms with van der Waals surface area (Å²) >= 11 is 6.02. The number of aliphatic hydroxyl groups is 1. The number of aliphatic hydroxyl groups excluding tert-OH is 1. The zero-order valence-corrected chi connectivity index (χ0v) is 20.6. The molecule has 7 heteroatoms. The lowest BCUT2D eigenvalue weighted by Crippen LogP contribution is -2.41. The summed E-state index contributed by atoms with van der Waals surface area (Å²) in [5.41, 5.74) is 2.00. The minimum Gasteiger partial charge on any atom is -0.493 e. The third kappa shape index (κ3) is 6.85. The van der Waals surface area contributed by atoms with Crippen molar-refractivity contribution in [2.45, 2.75) is 70.2 Å². The Hall–Kier alpha value is -2.28. The van der Waals surface area contributed by atoms with Crippen molar-refractivity contribution < 1.29 is 19.4 Å². The van der Waals surface area contributed by atoms with Crippen LogP contribution in [-0.2, 0) is 11.2 Å². The molecule has 6 nitrogen and oxygen atoms in total. The minimum atomic E-state index is -0.934. The van der Waals surface area contributed by atoms with Crippen LogP contribution in [0.1, 0.15) is 62.3 Å². The van der Waals surface area contributed by atoms with Gasteiger partial charge in [0.25, 0.3) is 0 Å². The average molecular weight is 475 g/mol. The molecule has 0 aliphatic heterocycles. The number of hydrogen-bond acceptors (Lipinski definition) is 5. The Morgan fingerprint density at radius 3 is 2.30 bits per heavy atom. The highest BCUT2D eigenvalue weighted by atomic mass is 35.5. The van der Waals surface area contributed by atoms with E-state index < -0.39 is 6.10 Å². The Kier molecular flexibility index (Phi) is 9.01. The van der Waals surface area contributed by atoms with Crippen molar-refractivity contribution >= 4 is 17.5 Å². The highest BCUT2D eigenvalue weighted by molar-refractivity contribution is 6.30. The van der Waals surface area contributed by atoms with Gasteiger partial charge in [-0.15, -0.1) is 0 Å². The molecule has 1 amide bonds. The van der Waals surface area contributed by atoms with E-state index in [4.69, 9.17) is 21.1 Å². The van der Waals surface area contributed by atoms with E-state index in [1.807, 2.05) is 20.9 Å². The van der Waals surface area contributed by atoms with Crippen LogP contribution in [0.3, 0.4) is 0 Å². The number of nitrogens with one attached hydrogen (secondary N) is 2. The zero-order chi connectivity index (χ0) is 24.0. The van der Waals surface area contributed by atoms with Crippen molar-refractivity contribution in [1.29, 1.82) is 0 Å². The highest BCUT2D eigenvalue weighted by Crippen LogP contribution is 2.36. The Morgan fingerprint density at radius 1 is 1.09 bits per heavy atom. The number of carbonyl (C=O) groups excluding carboxylic acids is 1. The van der Waals surface area contributed by atoms with Gasteiger partial charge < -0.3 is 25.2 Å². The Bertz CT molecular complexity index is 925. The number of rotatable bonds is 9. The molecule has 0 radical (unpaired) electrons. The van der Waals surface area contributed by atoms with Crippen molar-refractivity contribution in [3.05, 3.63) is 58.1 Å². The molecule has 3 rings (SSSR count). The fraction of sp³-hybridized carbons (Fsp3) is 0.500. The number of benzene rings is 2. The lowest BCUT2D eigenvalue weighted by molar-refractivity contribution is -0.121. The molecule has 33 heavy (non-hydrogen) atoms. The van der Waals surface area contributed by atoms with E-state index in [1.165, 1.54) is 0 Å². The van der Waals surface area contributed by atoms with Gasteiger partial charge in [0.1, 0.15) is 6.10 Å². The third-order valence-electron chi connectivity index (χ3n) is 6.12. The van der Waals surface area contributed by atoms with Gasteiger partial charge in [0, 0.05) is 17.1 Å². The second-order valence-corrected chi connectivity index (χ2v) is 9.34. The molecule has 1 aliphatic rings. The molecule has 2 aromatic rings. The molecule has 0 spiro atoms. The normalized spacial score (nSPS) is 19.2. The molecular formula is C26H35ClN2O4. The third-order valence-corrected chi connectivity index (χ3v) is 6.37. The minimum absolute atomic E-state index is 0.0629. The van der Waals surface area contributed by atoms with Crippen LogP contribution in [-0.4, -0.2) is 43.4 Å². The van der Waals surface area contributed by atoms with Crippen molar-refractivity contribution in [2.75, 3.05) is 14.2 Å². The van der Waals surface area contributed by atoms with Gasteiger partial charge in [0.15, 0.2) is 11.5 Å². The first-order valence-electron chi connectivity index (χ1n) is 11.6. The standard InChI is InChI=1S/C26H35ClN2O4/c1-16(2)33-24-15-22(26(31)17-5-7-19(27)8-6-17)18(13-23(24)32-4)14-25(30)29-21-11-9-20(28-3)10-12-21/h5-8,13,15-16,20-21,26,28,31H,9-12,14H2,1-4H3,(H,29,30). The summed E-state index contributed by atoms with van der Waals surface area (Å²) in [6.45, 7) is 3.86. The molecular weight excluding hydrogens is 440 g/mol. The number of methoxy groups -OCH3 is 1. The molecule has 0 aromatic heterocycles. The fourth-order valence-corrected chi connectivity index (χ4v) is 4.46. The van der Waals surface area contributed by atoms with Crippen molar-refractivity contribution in [3.63, 3.8) is 0 Å². The van der Waals surface area contributed by atoms with E-state index in [0.29, 0.717) is 39.3 Å². The van der Waals surface area contributed by atoms with Crippen LogP contribution < -0.4 is 20.1 Å². The molecule has 1 aliphatic carbocycles. The number of carbonyl (C=O) groups is 1. The van der Waals surface area contributed by atoms with E-state index in [0.717, 1.165) is 25.7 Å². The monoisotopic (exact) mass is 474 g/mol. The molecule has 1 fully saturated rings. The maximum atomic E-state index is 13.0. The van der Waals surface area contributed by atoms with E-state index in [2.05, 4.69) is 10.6 Å². The predicted octanol–water partition coefficient (Wildman–Crippen LogP) is 4.41. The summed E-state index contributed by atoms with van der Waals surface area (Å²) in [5.74, 6) is 1.00. The van der Waals surface area contributed by atoms with E-state index >= 15 is 0 Å². The molecule has 0 bridgehead atoms. The topological polar surface area (TPSA) is 79.8 Å². The van der Waals surface area contributed by atoms with Crippen LogP contribution in [0.2, 0.25) is 5.02 Å². The Morgan fingerprint density at radius 2 is 1.73 bits per heavy atom. The largest absolute Gasteiger partial charge is 0.493 e. The zero-order valence-electron chi connectivity index (χ0n) is 19.9. The van der Waals surface area contributed by atoms with Gasteiger partial charge in [0.2, 0.25) is 5.91 Å². The first kappa shape index (κ1) is 25.3. The summed E-state index contributed by atoms with van der Waals surface area (Å²) in [4.78, 5) is 13.0. The van der Waals surface area contributed by atoms with Gasteiger partial charge in [-0.1, -0.05) is 23.7 Å². The Labute approximate surface area is 201 Å². The molecule has 0 saturated heterocycles. The van der Waals surface area contributed by atoms with Crippen molar-refractivity contribution in [3.8, 4) is 11.5 Å². The predicted molar refractivity (Wildman–Crippen MR) is 131 cm³/mol. The van der Waals surface area contributed by atoms with Crippen molar-refractivity contribution in [1.82, 2.24) is 10.6 Å². The van der Waals surface area contributed by atoms with Gasteiger partial charge >= 0.3 is 0 Å². The number of amides is 1. The molecule has 1 atom stereocenters. The van der Waals surface area contributed by atoms with E-state index in [9.17, 15) is 9.90 Å². The average Bonchev–Trinajstić information content (AvgIpc) is 2.80. The molecule has 1 unspecified atom stereocenters. The second-order valence-electron chi connectivity index (χ2n) is 8.90. The number of hydrogen-bond donors (Lipinski definition) is 3. The smallest absolute Gasteiger partial charge is 0.224 e. The summed E-state index contributed by atoms with van der Waals surface area (Å²) < 4.78 is 11.5. The second kappa shape index (κ2) is 11.7. The summed E-state index contributed by atoms with van der Waals surface area (Å²) in [6, 6.07) is 11.3. The lowest BCUT2D eigenvalue weighted by Gasteiger charge is -2.29. The van der Waals surface area contributed by atoms with Crippen LogP contribution in [0.5, 0.6) is 11.5 Å². The van der Waals surface area contributed by atoms with Crippen LogP contribution >= 0.6 is 11.6 Å². The first-order chi connectivity index (χ1) is 15.8. The van der Waals surface area contributed by atoms with E-state index in [1.54, 1.807) is 43.5 Å². The van der Waals surface area contributed by atoms with Gasteiger partial charge in [-0.25, -0.2) is 0 Å². The summed E-state index contributed by atoms with van der Waals surface area (Å²) in [5, 5.41) is 18.3. The summed E-state index contributed by atoms with van der Waals surface area (Å²) in [7, 11) is 3.55. The van der Waals surface area contributed by atoms with Crippen molar-refractivity contribution in [2.24, 2.45) is 0 Å². The van der Waals surface area contributed by atoms with Crippen LogP contribution in [0, 0.1) is 0 Å². The maximum Gasteiger partial charge on any atom is 0.224 e. The van der Waals surface area contributed by atoms with Crippen LogP contribution in [0.15, 0.2) is 36.4 Å². The maximum absolute atomic E-state index is 13.0. The molecule has 2 aromatic carbocycles. The molecule has 1 saturated carbocycles. The van der Waals surface area contributed by atoms with Gasteiger partial charge in [-0.2, -0.15) is 0 Å². The quantitative estimate of drug-likeness (QED) is 0.501. The Balaban J connectivity index is 1.86. The fourth-order valence-electron chi connectivity index (χ4n) is 4.33. The SMILES string of the molecule is CNC1CCC(NC(=O)Cc2cc(OC)c(OC(C)C)cc2C(O)c2ccc(Cl)cc2)CC1. The first-order valence-corrected chi connectivity index (χ1v) is 12.0. The molecule has 3 N–H and O–H groups in total. The van der Waals surface area contributed by atoms with Gasteiger partial charge in [-0.3, -0.25) is 4.79 Å².